The maximum Gasteiger partial charge on any atom is 0.360 e. The van der Waals surface area contributed by atoms with Crippen LogP contribution in [0.3, 0.4) is 0 Å². The average molecular weight is 399 g/mol. The zero-order chi connectivity index (χ0) is 21.0. The molecule has 5 rings (SSSR count). The molecule has 3 aromatic carbocycles. The van der Waals surface area contributed by atoms with Crippen LogP contribution in [0.5, 0.6) is 0 Å². The predicted octanol–water partition coefficient (Wildman–Crippen LogP) is 5.12. The van der Waals surface area contributed by atoms with Gasteiger partial charge in [0.2, 0.25) is 5.60 Å². The highest BCUT2D eigenvalue weighted by Gasteiger charge is 2.81. The molecule has 3 aromatic rings. The third-order valence-electron chi connectivity index (χ3n) is 6.57. The summed E-state index contributed by atoms with van der Waals surface area (Å²) in [5.74, 6) is -0.359. The Morgan fingerprint density at radius 3 is 1.97 bits per heavy atom. The number of fused-ring (bicyclic) bond motifs is 1. The Morgan fingerprint density at radius 1 is 0.833 bits per heavy atom. The van der Waals surface area contributed by atoms with Crippen molar-refractivity contribution in [3.05, 3.63) is 108 Å². The zero-order valence-electron chi connectivity index (χ0n) is 17.4. The van der Waals surface area contributed by atoms with Crippen molar-refractivity contribution in [2.75, 3.05) is 0 Å². The van der Waals surface area contributed by atoms with Crippen LogP contribution >= 0.6 is 0 Å². The van der Waals surface area contributed by atoms with Crippen LogP contribution in [0.1, 0.15) is 43.5 Å². The number of epoxide rings is 1. The van der Waals surface area contributed by atoms with Gasteiger partial charge in [0.1, 0.15) is 6.04 Å². The highest BCUT2D eigenvalue weighted by atomic mass is 16.8. The summed E-state index contributed by atoms with van der Waals surface area (Å²) >= 11 is 0. The fourth-order valence-corrected chi connectivity index (χ4v) is 4.79. The summed E-state index contributed by atoms with van der Waals surface area (Å²) < 4.78 is 6.36. The normalized spacial score (nSPS) is 28.5. The van der Waals surface area contributed by atoms with Crippen LogP contribution in [-0.2, 0) is 25.5 Å². The molecule has 2 aliphatic rings. The lowest BCUT2D eigenvalue weighted by molar-refractivity contribution is -0.259. The molecule has 0 bridgehead atoms. The first-order valence-corrected chi connectivity index (χ1v) is 10.3. The minimum absolute atomic E-state index is 0.306. The Morgan fingerprint density at radius 2 is 1.37 bits per heavy atom. The van der Waals surface area contributed by atoms with E-state index in [1.165, 1.54) is 0 Å². The molecule has 152 valence electrons. The van der Waals surface area contributed by atoms with Gasteiger partial charge in [-0.1, -0.05) is 91.0 Å². The van der Waals surface area contributed by atoms with Gasteiger partial charge in [-0.05, 0) is 37.5 Å². The first-order valence-electron chi connectivity index (χ1n) is 10.3. The molecule has 2 aliphatic heterocycles. The van der Waals surface area contributed by atoms with Gasteiger partial charge in [0.25, 0.3) is 0 Å². The maximum atomic E-state index is 13.2. The van der Waals surface area contributed by atoms with Gasteiger partial charge in [-0.25, -0.2) is 4.79 Å². The minimum Gasteiger partial charge on any atom is -0.364 e. The Kier molecular flexibility index (Phi) is 4.14. The molecule has 3 atom stereocenters. The second-order valence-electron chi connectivity index (χ2n) is 8.68. The summed E-state index contributed by atoms with van der Waals surface area (Å²) in [6.07, 6.45) is 0. The third kappa shape index (κ3) is 2.51. The van der Waals surface area contributed by atoms with Gasteiger partial charge in [-0.2, -0.15) is 0 Å². The van der Waals surface area contributed by atoms with Gasteiger partial charge in [-0.15, -0.1) is 5.06 Å². The summed E-state index contributed by atoms with van der Waals surface area (Å²) in [4.78, 5) is 19.3. The molecule has 0 aromatic heterocycles. The molecule has 0 aliphatic carbocycles. The van der Waals surface area contributed by atoms with Crippen molar-refractivity contribution in [2.45, 2.75) is 43.6 Å². The standard InChI is InChI=1S/C26H25NO3/c1-24(2,20-15-9-5-10-16-20)27-22(19-13-7-4-8-14-19)26(21-17-11-6-12-18-21)25(3,30-26)23(28)29-27/h4-18,22H,1-3H3/t22-,25+,26-/m0/s1. The molecule has 0 radical (unpaired) electrons. The summed E-state index contributed by atoms with van der Waals surface area (Å²) in [5, 5.41) is 1.84. The molecule has 0 amide bonds. The van der Waals surface area contributed by atoms with E-state index < -0.39 is 16.7 Å². The fourth-order valence-electron chi connectivity index (χ4n) is 4.79. The van der Waals surface area contributed by atoms with E-state index in [2.05, 4.69) is 38.1 Å². The molecule has 2 fully saturated rings. The molecule has 4 nitrogen and oxygen atoms in total. The number of nitrogens with zero attached hydrogens (tertiary/aromatic N) is 1. The van der Waals surface area contributed by atoms with Gasteiger partial charge >= 0.3 is 5.97 Å². The summed E-state index contributed by atoms with van der Waals surface area (Å²) in [5.41, 5.74) is 0.654. The largest absolute Gasteiger partial charge is 0.364 e. The van der Waals surface area contributed by atoms with Crippen molar-refractivity contribution in [1.29, 1.82) is 0 Å². The van der Waals surface area contributed by atoms with Crippen molar-refractivity contribution in [3.63, 3.8) is 0 Å². The first-order chi connectivity index (χ1) is 14.4. The number of rotatable bonds is 4. The Balaban J connectivity index is 1.73. The lowest BCUT2D eigenvalue weighted by Gasteiger charge is -2.47. The highest BCUT2D eigenvalue weighted by molar-refractivity contribution is 5.86. The zero-order valence-corrected chi connectivity index (χ0v) is 17.4. The lowest BCUT2D eigenvalue weighted by atomic mass is 9.75. The highest BCUT2D eigenvalue weighted by Crippen LogP contribution is 2.68. The summed E-state index contributed by atoms with van der Waals surface area (Å²) in [6, 6.07) is 30.0. The van der Waals surface area contributed by atoms with Crippen LogP contribution in [-0.4, -0.2) is 16.6 Å². The van der Waals surface area contributed by atoms with Gasteiger partial charge < -0.3 is 9.57 Å². The summed E-state index contributed by atoms with van der Waals surface area (Å²) in [6.45, 7) is 6.00. The second kappa shape index (κ2) is 6.53. The number of carbonyl (C=O) groups is 1. The Labute approximate surface area is 177 Å². The molecule has 4 heteroatoms. The summed E-state index contributed by atoms with van der Waals surface area (Å²) in [7, 11) is 0. The van der Waals surface area contributed by atoms with Crippen molar-refractivity contribution in [1.82, 2.24) is 5.06 Å². The van der Waals surface area contributed by atoms with Crippen LogP contribution in [0.4, 0.5) is 0 Å². The van der Waals surface area contributed by atoms with Gasteiger partial charge in [-0.3, -0.25) is 0 Å². The van der Waals surface area contributed by atoms with Crippen LogP contribution in [0.25, 0.3) is 0 Å². The molecule has 2 heterocycles. The van der Waals surface area contributed by atoms with E-state index in [-0.39, 0.29) is 12.0 Å². The number of hydroxylamine groups is 2. The minimum atomic E-state index is -1.03. The van der Waals surface area contributed by atoms with Crippen LogP contribution in [0.15, 0.2) is 91.0 Å². The fraction of sp³-hybridized carbons (Fsp3) is 0.269. The SMILES string of the molecule is CC(C)(c1ccccc1)N1OC(=O)[C@@]2(C)O[C@@]2(c2ccccc2)[C@@H]1c1ccccc1. The lowest BCUT2D eigenvalue weighted by Crippen LogP contribution is -2.56. The predicted molar refractivity (Wildman–Crippen MR) is 114 cm³/mol. The van der Waals surface area contributed by atoms with Crippen molar-refractivity contribution < 1.29 is 14.4 Å². The average Bonchev–Trinajstić information content (AvgIpc) is 3.44. The number of hydrogen-bond acceptors (Lipinski definition) is 4. The van der Waals surface area contributed by atoms with E-state index in [1.54, 1.807) is 0 Å². The molecule has 0 saturated carbocycles. The van der Waals surface area contributed by atoms with E-state index in [4.69, 9.17) is 9.57 Å². The molecule has 30 heavy (non-hydrogen) atoms. The number of hydrogen-bond donors (Lipinski definition) is 0. The first kappa shape index (κ1) is 19.0. The van der Waals surface area contributed by atoms with E-state index in [9.17, 15) is 4.79 Å². The molecule has 0 unspecified atom stereocenters. The molecule has 2 saturated heterocycles. The van der Waals surface area contributed by atoms with Gasteiger partial charge in [0.15, 0.2) is 5.60 Å². The number of ether oxygens (including phenoxy) is 1. The van der Waals surface area contributed by atoms with Gasteiger partial charge in [0.05, 0.1) is 5.54 Å². The van der Waals surface area contributed by atoms with Crippen LogP contribution in [0.2, 0.25) is 0 Å². The Hall–Kier alpha value is -2.95. The Bertz CT molecular complexity index is 1070. The topological polar surface area (TPSA) is 42.1 Å². The number of benzene rings is 3. The van der Waals surface area contributed by atoms with E-state index in [0.29, 0.717) is 0 Å². The quantitative estimate of drug-likeness (QED) is 0.571. The van der Waals surface area contributed by atoms with Crippen molar-refractivity contribution in [3.8, 4) is 0 Å². The van der Waals surface area contributed by atoms with E-state index >= 15 is 0 Å². The van der Waals surface area contributed by atoms with Crippen molar-refractivity contribution >= 4 is 5.97 Å². The number of carbonyl (C=O) groups excluding carboxylic acids is 1. The second-order valence-corrected chi connectivity index (χ2v) is 8.68. The van der Waals surface area contributed by atoms with Gasteiger partial charge in [0, 0.05) is 0 Å². The van der Waals surface area contributed by atoms with Crippen LogP contribution in [0, 0.1) is 0 Å². The van der Waals surface area contributed by atoms with Crippen molar-refractivity contribution in [2.24, 2.45) is 0 Å². The van der Waals surface area contributed by atoms with Crippen LogP contribution < -0.4 is 0 Å². The van der Waals surface area contributed by atoms with E-state index in [1.807, 2.05) is 78.7 Å². The molecule has 0 spiro atoms. The molecule has 0 N–H and O–H groups in total. The van der Waals surface area contributed by atoms with E-state index in [0.717, 1.165) is 16.7 Å². The molecular formula is C26H25NO3. The smallest absolute Gasteiger partial charge is 0.360 e. The molecular weight excluding hydrogens is 374 g/mol. The maximum absolute atomic E-state index is 13.2. The monoisotopic (exact) mass is 399 g/mol. The third-order valence-corrected chi connectivity index (χ3v) is 6.57.